The zero-order chi connectivity index (χ0) is 21.7. The van der Waals surface area contributed by atoms with Crippen LogP contribution in [0.1, 0.15) is 33.2 Å². The average Bonchev–Trinajstić information content (AvgIpc) is 3.11. The monoisotopic (exact) mass is 418 g/mol. The standard InChI is InChI=1S/C23H22N4O4/c1-25-13-19(28)26-11-10-18-20(21(26)23(25)30)16-4-2-3-5-17(16)27(18)12-14-6-8-15(9-7-14)22(29)24-31/h2-9,21,31H,10-13H2,1H3,(H,24,29). The Balaban J connectivity index is 1.61. The molecule has 1 fully saturated rings. The minimum Gasteiger partial charge on any atom is -0.340 e. The first-order valence-corrected chi connectivity index (χ1v) is 10.2. The topological polar surface area (TPSA) is 94.9 Å². The minimum absolute atomic E-state index is 0.0210. The van der Waals surface area contributed by atoms with Crippen molar-refractivity contribution >= 4 is 28.6 Å². The second-order valence-corrected chi connectivity index (χ2v) is 8.04. The molecule has 0 bridgehead atoms. The summed E-state index contributed by atoms with van der Waals surface area (Å²) in [4.78, 5) is 40.5. The SMILES string of the molecule is CN1CC(=O)N2CCc3c(c4ccccc4n3Cc3ccc(C(=O)NO)cc3)C2C1=O. The van der Waals surface area contributed by atoms with Crippen molar-refractivity contribution in [2.45, 2.75) is 19.0 Å². The summed E-state index contributed by atoms with van der Waals surface area (Å²) < 4.78 is 2.20. The molecule has 1 atom stereocenters. The number of amides is 3. The summed E-state index contributed by atoms with van der Waals surface area (Å²) in [5, 5.41) is 9.79. The van der Waals surface area contributed by atoms with E-state index in [1.54, 1.807) is 29.6 Å². The van der Waals surface area contributed by atoms with Crippen molar-refractivity contribution in [1.29, 1.82) is 0 Å². The van der Waals surface area contributed by atoms with Gasteiger partial charge >= 0.3 is 0 Å². The Morgan fingerprint density at radius 2 is 1.87 bits per heavy atom. The molecule has 3 heterocycles. The number of piperazine rings is 1. The number of fused-ring (bicyclic) bond motifs is 5. The van der Waals surface area contributed by atoms with Gasteiger partial charge in [-0.2, -0.15) is 0 Å². The van der Waals surface area contributed by atoms with Crippen molar-refractivity contribution in [3.63, 3.8) is 0 Å². The number of rotatable bonds is 3. The first-order valence-electron chi connectivity index (χ1n) is 10.2. The van der Waals surface area contributed by atoms with Crippen molar-refractivity contribution < 1.29 is 19.6 Å². The second kappa shape index (κ2) is 7.24. The zero-order valence-electron chi connectivity index (χ0n) is 17.0. The first-order chi connectivity index (χ1) is 15.0. The van der Waals surface area contributed by atoms with Gasteiger partial charge in [0.1, 0.15) is 6.04 Å². The molecule has 5 rings (SSSR count). The van der Waals surface area contributed by atoms with Crippen LogP contribution in [0.15, 0.2) is 48.5 Å². The van der Waals surface area contributed by atoms with Crippen molar-refractivity contribution in [3.8, 4) is 0 Å². The van der Waals surface area contributed by atoms with Crippen LogP contribution in [-0.4, -0.2) is 57.4 Å². The van der Waals surface area contributed by atoms with Crippen LogP contribution in [-0.2, 0) is 22.6 Å². The highest BCUT2D eigenvalue weighted by Crippen LogP contribution is 2.40. The predicted molar refractivity (Wildman–Crippen MR) is 113 cm³/mol. The van der Waals surface area contributed by atoms with E-state index in [0.717, 1.165) is 27.7 Å². The number of likely N-dealkylation sites (N-methyl/N-ethyl adjacent to an activating group) is 1. The van der Waals surface area contributed by atoms with Crippen molar-refractivity contribution in [2.24, 2.45) is 0 Å². The maximum absolute atomic E-state index is 13.1. The molecule has 1 unspecified atom stereocenters. The summed E-state index contributed by atoms with van der Waals surface area (Å²) in [5.74, 6) is -0.629. The fourth-order valence-corrected chi connectivity index (χ4v) is 4.76. The number of nitrogens with one attached hydrogen (secondary N) is 1. The number of hydrogen-bond donors (Lipinski definition) is 2. The van der Waals surface area contributed by atoms with Gasteiger partial charge in [-0.05, 0) is 23.8 Å². The molecule has 8 heteroatoms. The van der Waals surface area contributed by atoms with Crippen LogP contribution >= 0.6 is 0 Å². The Kier molecular flexibility index (Phi) is 4.51. The lowest BCUT2D eigenvalue weighted by Crippen LogP contribution is -2.56. The van der Waals surface area contributed by atoms with E-state index in [1.807, 2.05) is 36.4 Å². The fourth-order valence-electron chi connectivity index (χ4n) is 4.76. The molecular weight excluding hydrogens is 396 g/mol. The Hall–Kier alpha value is -3.65. The van der Waals surface area contributed by atoms with Crippen molar-refractivity contribution in [3.05, 3.63) is 70.9 Å². The van der Waals surface area contributed by atoms with Crippen LogP contribution in [0.3, 0.4) is 0 Å². The van der Waals surface area contributed by atoms with Gasteiger partial charge in [-0.25, -0.2) is 5.48 Å². The third kappa shape index (κ3) is 2.98. The van der Waals surface area contributed by atoms with Crippen molar-refractivity contribution in [1.82, 2.24) is 19.8 Å². The molecule has 0 radical (unpaired) electrons. The van der Waals surface area contributed by atoms with E-state index in [4.69, 9.17) is 5.21 Å². The summed E-state index contributed by atoms with van der Waals surface area (Å²) in [6, 6.07) is 14.4. The van der Waals surface area contributed by atoms with Gasteiger partial charge < -0.3 is 14.4 Å². The molecule has 31 heavy (non-hydrogen) atoms. The smallest absolute Gasteiger partial charge is 0.274 e. The number of aromatic nitrogens is 1. The van der Waals surface area contributed by atoms with E-state index < -0.39 is 11.9 Å². The van der Waals surface area contributed by atoms with E-state index in [1.165, 1.54) is 4.90 Å². The van der Waals surface area contributed by atoms with Gasteiger partial charge in [-0.3, -0.25) is 19.6 Å². The Bertz CT molecular complexity index is 1210. The van der Waals surface area contributed by atoms with Gasteiger partial charge in [0, 0.05) is 54.3 Å². The Labute approximate surface area is 178 Å². The van der Waals surface area contributed by atoms with E-state index in [9.17, 15) is 14.4 Å². The Morgan fingerprint density at radius 1 is 1.13 bits per heavy atom. The van der Waals surface area contributed by atoms with E-state index in [0.29, 0.717) is 25.1 Å². The van der Waals surface area contributed by atoms with Crippen LogP contribution in [0.4, 0.5) is 0 Å². The van der Waals surface area contributed by atoms with Gasteiger partial charge in [0.05, 0.1) is 6.54 Å². The van der Waals surface area contributed by atoms with Gasteiger partial charge in [-0.15, -0.1) is 0 Å². The molecular formula is C23H22N4O4. The van der Waals surface area contributed by atoms with Gasteiger partial charge in [0.2, 0.25) is 11.8 Å². The van der Waals surface area contributed by atoms with Crippen LogP contribution in [0.25, 0.3) is 10.9 Å². The molecule has 2 N–H and O–H groups in total. The maximum Gasteiger partial charge on any atom is 0.274 e. The van der Waals surface area contributed by atoms with E-state index >= 15 is 0 Å². The molecule has 2 aliphatic rings. The number of para-hydroxylation sites is 1. The number of hydroxylamine groups is 1. The second-order valence-electron chi connectivity index (χ2n) is 8.04. The van der Waals surface area contributed by atoms with Gasteiger partial charge in [0.25, 0.3) is 5.91 Å². The third-order valence-corrected chi connectivity index (χ3v) is 6.26. The van der Waals surface area contributed by atoms with Crippen LogP contribution in [0, 0.1) is 0 Å². The van der Waals surface area contributed by atoms with Crippen LogP contribution in [0.5, 0.6) is 0 Å². The zero-order valence-corrected chi connectivity index (χ0v) is 17.0. The lowest BCUT2D eigenvalue weighted by molar-refractivity contribution is -0.155. The molecule has 2 aliphatic heterocycles. The quantitative estimate of drug-likeness (QED) is 0.500. The van der Waals surface area contributed by atoms with E-state index in [2.05, 4.69) is 4.57 Å². The molecule has 1 aromatic heterocycles. The molecule has 0 spiro atoms. The van der Waals surface area contributed by atoms with Crippen LogP contribution < -0.4 is 5.48 Å². The highest BCUT2D eigenvalue weighted by Gasteiger charge is 2.44. The predicted octanol–water partition coefficient (Wildman–Crippen LogP) is 1.71. The molecule has 8 nitrogen and oxygen atoms in total. The first kappa shape index (κ1) is 19.3. The number of carbonyl (C=O) groups is 3. The maximum atomic E-state index is 13.1. The summed E-state index contributed by atoms with van der Waals surface area (Å²) in [6.07, 6.45) is 0.675. The Morgan fingerprint density at radius 3 is 2.61 bits per heavy atom. The minimum atomic E-state index is -0.586. The molecule has 2 aromatic carbocycles. The fraction of sp³-hybridized carbons (Fsp3) is 0.261. The number of hydrogen-bond acceptors (Lipinski definition) is 4. The summed E-state index contributed by atoms with van der Waals surface area (Å²) in [7, 11) is 1.68. The summed E-state index contributed by atoms with van der Waals surface area (Å²) in [5.41, 5.74) is 6.00. The number of nitrogens with zero attached hydrogens (tertiary/aromatic N) is 3. The lowest BCUT2D eigenvalue weighted by atomic mass is 9.93. The van der Waals surface area contributed by atoms with Gasteiger partial charge in [0.15, 0.2) is 0 Å². The van der Waals surface area contributed by atoms with Crippen molar-refractivity contribution in [2.75, 3.05) is 20.1 Å². The molecule has 1 saturated heterocycles. The normalized spacial score (nSPS) is 18.2. The molecule has 3 aromatic rings. The molecule has 0 saturated carbocycles. The lowest BCUT2D eigenvalue weighted by Gasteiger charge is -2.42. The van der Waals surface area contributed by atoms with E-state index in [-0.39, 0.29) is 18.4 Å². The van der Waals surface area contributed by atoms with Crippen LogP contribution in [0.2, 0.25) is 0 Å². The average molecular weight is 418 g/mol. The number of carbonyl (C=O) groups excluding carboxylic acids is 3. The summed E-state index contributed by atoms with van der Waals surface area (Å²) >= 11 is 0. The summed E-state index contributed by atoms with van der Waals surface area (Å²) in [6.45, 7) is 1.21. The third-order valence-electron chi connectivity index (χ3n) is 6.26. The highest BCUT2D eigenvalue weighted by molar-refractivity contribution is 6.00. The largest absolute Gasteiger partial charge is 0.340 e. The highest BCUT2D eigenvalue weighted by atomic mass is 16.5. The van der Waals surface area contributed by atoms with Gasteiger partial charge in [-0.1, -0.05) is 30.3 Å². The molecule has 158 valence electrons. The number of benzene rings is 2. The molecule has 0 aliphatic carbocycles. The molecule has 3 amide bonds.